The van der Waals surface area contributed by atoms with Crippen molar-refractivity contribution in [3.63, 3.8) is 0 Å². The van der Waals surface area contributed by atoms with Gasteiger partial charge in [0.2, 0.25) is 5.91 Å². The number of rotatable bonds is 5. The molecule has 0 N–H and O–H groups in total. The normalized spacial score (nSPS) is 20.1. The maximum absolute atomic E-state index is 13.7. The average molecular weight is 541 g/mol. The number of carbonyl (C=O) groups is 2. The fraction of sp³-hybridized carbons (Fsp3) is 0.148. The minimum Gasteiger partial charge on any atom is -0.298 e. The van der Waals surface area contributed by atoms with E-state index in [1.807, 2.05) is 16.8 Å². The van der Waals surface area contributed by atoms with Crippen molar-refractivity contribution in [2.75, 3.05) is 0 Å². The van der Waals surface area contributed by atoms with E-state index < -0.39 is 29.0 Å². The van der Waals surface area contributed by atoms with E-state index in [1.54, 1.807) is 42.5 Å². The first kappa shape index (κ1) is 24.6. The van der Waals surface area contributed by atoms with Gasteiger partial charge in [0.1, 0.15) is 11.5 Å². The minimum absolute atomic E-state index is 0.0590. The van der Waals surface area contributed by atoms with Gasteiger partial charge in [0.15, 0.2) is 17.4 Å². The standard InChI is InChI=1S/C27H19ClF2N2O2S2/c28-20-6-2-1-5-19(20)25-23(33)14-27(32(35)26(25)34,17-10-11-36-15-17)24-7-3-4-18(31-24)12-16-8-9-21(29)22(30)13-16/h1-11,13,15,25,35H,12,14H2. The zero-order valence-corrected chi connectivity index (χ0v) is 21.2. The van der Waals surface area contributed by atoms with Gasteiger partial charge >= 0.3 is 0 Å². The maximum Gasteiger partial charge on any atom is 0.248 e. The zero-order valence-electron chi connectivity index (χ0n) is 18.7. The molecule has 182 valence electrons. The number of piperidine rings is 1. The number of benzene rings is 2. The highest BCUT2D eigenvalue weighted by atomic mass is 35.5. The minimum atomic E-state index is -1.25. The lowest BCUT2D eigenvalue weighted by Crippen LogP contribution is -2.54. The molecule has 4 aromatic rings. The van der Waals surface area contributed by atoms with Crippen LogP contribution < -0.4 is 0 Å². The third-order valence-electron chi connectivity index (χ3n) is 6.38. The van der Waals surface area contributed by atoms with Crippen LogP contribution in [0, 0.1) is 11.6 Å². The molecule has 1 aliphatic heterocycles. The number of thiophene rings is 1. The average Bonchev–Trinajstić information content (AvgIpc) is 3.41. The van der Waals surface area contributed by atoms with Gasteiger partial charge in [0.25, 0.3) is 0 Å². The summed E-state index contributed by atoms with van der Waals surface area (Å²) in [6, 6.07) is 17.6. The summed E-state index contributed by atoms with van der Waals surface area (Å²) in [6.45, 7) is 0. The quantitative estimate of drug-likeness (QED) is 0.237. The molecule has 0 saturated carbocycles. The van der Waals surface area contributed by atoms with Crippen molar-refractivity contribution >= 4 is 47.4 Å². The van der Waals surface area contributed by atoms with Crippen molar-refractivity contribution in [2.24, 2.45) is 0 Å². The van der Waals surface area contributed by atoms with Crippen LogP contribution in [0.5, 0.6) is 0 Å². The Hall–Kier alpha value is -3.07. The Morgan fingerprint density at radius 3 is 2.58 bits per heavy atom. The molecule has 2 aromatic heterocycles. The molecule has 0 bridgehead atoms. The highest BCUT2D eigenvalue weighted by molar-refractivity contribution is 7.78. The Morgan fingerprint density at radius 2 is 1.86 bits per heavy atom. The van der Waals surface area contributed by atoms with Crippen LogP contribution in [0.1, 0.15) is 40.4 Å². The Balaban J connectivity index is 1.58. The number of amides is 1. The second-order valence-corrected chi connectivity index (χ2v) is 10.1. The summed E-state index contributed by atoms with van der Waals surface area (Å²) in [7, 11) is 0. The van der Waals surface area contributed by atoms with Gasteiger partial charge in [-0.1, -0.05) is 54.7 Å². The van der Waals surface area contributed by atoms with E-state index in [2.05, 4.69) is 12.8 Å². The number of nitrogens with zero attached hydrogens (tertiary/aromatic N) is 2. The topological polar surface area (TPSA) is 50.3 Å². The summed E-state index contributed by atoms with van der Waals surface area (Å²) in [5.74, 6) is -3.73. The SMILES string of the molecule is O=C1CC(c2ccsc2)(c2cccc(Cc3ccc(F)c(F)c3)n2)N(S)C(=O)C1c1ccccc1Cl. The summed E-state index contributed by atoms with van der Waals surface area (Å²) in [4.78, 5) is 32.1. The van der Waals surface area contributed by atoms with E-state index in [9.17, 15) is 18.4 Å². The Labute approximate surface area is 221 Å². The molecule has 5 rings (SSSR count). The highest BCUT2D eigenvalue weighted by Crippen LogP contribution is 2.47. The van der Waals surface area contributed by atoms with Crippen LogP contribution in [-0.4, -0.2) is 21.0 Å². The summed E-state index contributed by atoms with van der Waals surface area (Å²) in [6.07, 6.45) is 0.179. The molecule has 1 saturated heterocycles. The highest BCUT2D eigenvalue weighted by Gasteiger charge is 2.53. The van der Waals surface area contributed by atoms with Crippen molar-refractivity contribution in [1.29, 1.82) is 0 Å². The molecule has 0 aliphatic carbocycles. The van der Waals surface area contributed by atoms with Crippen molar-refractivity contribution < 1.29 is 18.4 Å². The molecule has 9 heteroatoms. The van der Waals surface area contributed by atoms with Gasteiger partial charge in [-0.15, -0.1) is 0 Å². The third kappa shape index (κ3) is 4.23. The number of carbonyl (C=O) groups excluding carboxylic acids is 2. The second kappa shape index (κ2) is 9.76. The van der Waals surface area contributed by atoms with Gasteiger partial charge < -0.3 is 0 Å². The predicted octanol–water partition coefficient (Wildman–Crippen LogP) is 6.34. The van der Waals surface area contributed by atoms with Gasteiger partial charge in [-0.3, -0.25) is 18.9 Å². The van der Waals surface area contributed by atoms with Gasteiger partial charge in [-0.05, 0) is 63.8 Å². The molecule has 1 amide bonds. The number of halogens is 3. The molecular weight excluding hydrogens is 522 g/mol. The van der Waals surface area contributed by atoms with Crippen molar-refractivity contribution in [3.05, 3.63) is 122 Å². The largest absolute Gasteiger partial charge is 0.298 e. The van der Waals surface area contributed by atoms with E-state index in [-0.39, 0.29) is 18.6 Å². The summed E-state index contributed by atoms with van der Waals surface area (Å²) >= 11 is 12.4. The van der Waals surface area contributed by atoms with Crippen LogP contribution in [0.25, 0.3) is 0 Å². The van der Waals surface area contributed by atoms with Crippen LogP contribution in [0.3, 0.4) is 0 Å². The van der Waals surface area contributed by atoms with Crippen molar-refractivity contribution in [2.45, 2.75) is 24.3 Å². The monoisotopic (exact) mass is 540 g/mol. The smallest absolute Gasteiger partial charge is 0.248 e. The first-order valence-electron chi connectivity index (χ1n) is 11.0. The molecule has 2 aromatic carbocycles. The van der Waals surface area contributed by atoms with Crippen molar-refractivity contribution in [1.82, 2.24) is 9.29 Å². The molecular formula is C27H19ClF2N2O2S2. The number of thiol groups is 1. The van der Waals surface area contributed by atoms with Crippen LogP contribution in [0.2, 0.25) is 5.02 Å². The lowest BCUT2D eigenvalue weighted by molar-refractivity contribution is -0.142. The Kier molecular flexibility index (Phi) is 6.68. The number of hydrogen-bond donors (Lipinski definition) is 1. The molecule has 4 nitrogen and oxygen atoms in total. The number of pyridine rings is 1. The van der Waals surface area contributed by atoms with E-state index >= 15 is 0 Å². The molecule has 3 heterocycles. The van der Waals surface area contributed by atoms with E-state index in [4.69, 9.17) is 16.6 Å². The lowest BCUT2D eigenvalue weighted by Gasteiger charge is -2.45. The fourth-order valence-corrected chi connectivity index (χ4v) is 6.00. The van der Waals surface area contributed by atoms with Crippen LogP contribution in [0.15, 0.2) is 77.5 Å². The number of hydrogen-bond acceptors (Lipinski definition) is 5. The maximum atomic E-state index is 13.7. The second-order valence-electron chi connectivity index (χ2n) is 8.56. The molecule has 36 heavy (non-hydrogen) atoms. The number of ketones is 1. The predicted molar refractivity (Wildman–Crippen MR) is 138 cm³/mol. The van der Waals surface area contributed by atoms with Gasteiger partial charge in [-0.25, -0.2) is 8.78 Å². The molecule has 1 fully saturated rings. The number of aromatic nitrogens is 1. The van der Waals surface area contributed by atoms with E-state index in [0.29, 0.717) is 33.1 Å². The fourth-order valence-electron chi connectivity index (χ4n) is 4.63. The molecule has 2 atom stereocenters. The first-order valence-corrected chi connectivity index (χ1v) is 12.8. The summed E-state index contributed by atoms with van der Waals surface area (Å²) in [5.41, 5.74) is 1.46. The molecule has 0 spiro atoms. The molecule has 0 radical (unpaired) electrons. The van der Waals surface area contributed by atoms with E-state index in [1.165, 1.54) is 21.7 Å². The summed E-state index contributed by atoms with van der Waals surface area (Å²) in [5, 5.41) is 4.06. The van der Waals surface area contributed by atoms with Gasteiger partial charge in [0, 0.05) is 23.6 Å². The van der Waals surface area contributed by atoms with E-state index in [0.717, 1.165) is 12.1 Å². The summed E-state index contributed by atoms with van der Waals surface area (Å²) < 4.78 is 28.4. The first-order chi connectivity index (χ1) is 17.3. The Morgan fingerprint density at radius 1 is 1.06 bits per heavy atom. The molecule has 2 unspecified atom stereocenters. The lowest BCUT2D eigenvalue weighted by atomic mass is 9.74. The zero-order chi connectivity index (χ0) is 25.4. The van der Waals surface area contributed by atoms with Gasteiger partial charge in [0.05, 0.1) is 5.69 Å². The van der Waals surface area contributed by atoms with Gasteiger partial charge in [-0.2, -0.15) is 11.3 Å². The molecule has 1 aliphatic rings. The number of Topliss-reactive ketones (excluding diaryl/α,β-unsaturated/α-hetero) is 1. The van der Waals surface area contributed by atoms with Crippen LogP contribution in [-0.2, 0) is 21.5 Å². The third-order valence-corrected chi connectivity index (χ3v) is 7.95. The van der Waals surface area contributed by atoms with Crippen molar-refractivity contribution in [3.8, 4) is 0 Å². The van der Waals surface area contributed by atoms with Crippen LogP contribution in [0.4, 0.5) is 8.78 Å². The van der Waals surface area contributed by atoms with Crippen LogP contribution >= 0.6 is 35.8 Å². The Bertz CT molecular complexity index is 1460.